The Morgan fingerprint density at radius 1 is 0.880 bits per heavy atom. The monoisotopic (exact) mass is 352 g/mol. The molecule has 3 N–H and O–H groups in total. The molecule has 0 atom stereocenters. The van der Waals surface area contributed by atoms with Crippen molar-refractivity contribution in [3.63, 3.8) is 0 Å². The molecule has 0 aliphatic carbocycles. The van der Waals surface area contributed by atoms with Crippen molar-refractivity contribution >= 4 is 34.8 Å². The molecule has 0 aliphatic rings. The number of aromatic nitrogens is 1. The number of rotatable bonds is 5. The van der Waals surface area contributed by atoms with Gasteiger partial charge in [-0.25, -0.2) is 9.78 Å². The van der Waals surface area contributed by atoms with E-state index in [0.717, 1.165) is 22.0 Å². The van der Waals surface area contributed by atoms with Crippen molar-refractivity contribution in [2.75, 3.05) is 16.0 Å². The zero-order valence-electron chi connectivity index (χ0n) is 13.4. The van der Waals surface area contributed by atoms with Crippen molar-refractivity contribution < 1.29 is 4.79 Å². The van der Waals surface area contributed by atoms with Gasteiger partial charge < -0.3 is 10.6 Å². The van der Waals surface area contributed by atoms with Crippen LogP contribution in [0.4, 0.5) is 22.0 Å². The van der Waals surface area contributed by atoms with Crippen LogP contribution in [-0.2, 0) is 6.54 Å². The Kier molecular flexibility index (Phi) is 5.49. The number of nitrogens with zero attached hydrogens (tertiary/aromatic N) is 1. The zero-order valence-corrected chi connectivity index (χ0v) is 14.1. The Morgan fingerprint density at radius 2 is 1.64 bits per heavy atom. The lowest BCUT2D eigenvalue weighted by molar-refractivity contribution is 0.262. The lowest BCUT2D eigenvalue weighted by atomic mass is 10.2. The number of anilines is 3. The van der Waals surface area contributed by atoms with Crippen molar-refractivity contribution in [3.8, 4) is 0 Å². The smallest absolute Gasteiger partial charge is 0.324 e. The second-order valence-corrected chi connectivity index (χ2v) is 5.79. The standard InChI is InChI=1S/C19H17ClN4O/c20-15-8-6-14(7-9-15)12-21-17-10-11-18(22-13-17)24-19(25)23-16-4-2-1-3-5-16/h1-11,13,21H,12H2,(H2,22,23,24,25). The van der Waals surface area contributed by atoms with Crippen LogP contribution < -0.4 is 16.0 Å². The summed E-state index contributed by atoms with van der Waals surface area (Å²) in [7, 11) is 0. The number of nitrogens with one attached hydrogen (secondary N) is 3. The molecule has 0 saturated carbocycles. The maximum Gasteiger partial charge on any atom is 0.324 e. The number of halogens is 1. The molecule has 0 spiro atoms. The third kappa shape index (κ3) is 5.22. The van der Waals surface area contributed by atoms with Crippen molar-refractivity contribution in [1.29, 1.82) is 0 Å². The number of urea groups is 1. The summed E-state index contributed by atoms with van der Waals surface area (Å²) < 4.78 is 0. The largest absolute Gasteiger partial charge is 0.380 e. The van der Waals surface area contributed by atoms with Gasteiger partial charge in [-0.1, -0.05) is 41.9 Å². The molecule has 0 saturated heterocycles. The first-order valence-electron chi connectivity index (χ1n) is 7.76. The van der Waals surface area contributed by atoms with Crippen LogP contribution in [0.2, 0.25) is 5.02 Å². The van der Waals surface area contributed by atoms with Gasteiger partial charge in [0.2, 0.25) is 0 Å². The second-order valence-electron chi connectivity index (χ2n) is 5.36. The lowest BCUT2D eigenvalue weighted by Gasteiger charge is -2.09. The number of hydrogen-bond donors (Lipinski definition) is 3. The van der Waals surface area contributed by atoms with Gasteiger partial charge in [-0.15, -0.1) is 0 Å². The van der Waals surface area contributed by atoms with Crippen LogP contribution in [0, 0.1) is 0 Å². The van der Waals surface area contributed by atoms with E-state index in [-0.39, 0.29) is 6.03 Å². The average molecular weight is 353 g/mol. The average Bonchev–Trinajstić information content (AvgIpc) is 2.63. The zero-order chi connectivity index (χ0) is 17.5. The fourth-order valence-corrected chi connectivity index (χ4v) is 2.30. The number of hydrogen-bond acceptors (Lipinski definition) is 3. The quantitative estimate of drug-likeness (QED) is 0.606. The SMILES string of the molecule is O=C(Nc1ccccc1)Nc1ccc(NCc2ccc(Cl)cc2)cn1. The highest BCUT2D eigenvalue weighted by Crippen LogP contribution is 2.14. The summed E-state index contributed by atoms with van der Waals surface area (Å²) in [6, 6.07) is 20.2. The molecule has 1 heterocycles. The highest BCUT2D eigenvalue weighted by molar-refractivity contribution is 6.30. The van der Waals surface area contributed by atoms with E-state index in [4.69, 9.17) is 11.6 Å². The predicted octanol–water partition coefficient (Wildman–Crippen LogP) is 4.99. The highest BCUT2D eigenvalue weighted by Gasteiger charge is 2.03. The van der Waals surface area contributed by atoms with Gasteiger partial charge in [0, 0.05) is 17.3 Å². The topological polar surface area (TPSA) is 66.1 Å². The van der Waals surface area contributed by atoms with Crippen LogP contribution in [0.15, 0.2) is 72.9 Å². The second kappa shape index (κ2) is 8.17. The Morgan fingerprint density at radius 3 is 2.32 bits per heavy atom. The Bertz CT molecular complexity index is 820. The molecule has 3 aromatic rings. The number of benzene rings is 2. The number of amides is 2. The van der Waals surface area contributed by atoms with Crippen molar-refractivity contribution in [2.24, 2.45) is 0 Å². The molecule has 3 rings (SSSR count). The number of para-hydroxylation sites is 1. The molecule has 2 aromatic carbocycles. The Labute approximate surface area is 151 Å². The van der Waals surface area contributed by atoms with Crippen LogP contribution >= 0.6 is 11.6 Å². The van der Waals surface area contributed by atoms with Gasteiger partial charge in [-0.3, -0.25) is 5.32 Å². The van der Waals surface area contributed by atoms with Gasteiger partial charge in [0.05, 0.1) is 11.9 Å². The summed E-state index contributed by atoms with van der Waals surface area (Å²) in [5.74, 6) is 0.477. The van der Waals surface area contributed by atoms with Crippen LogP contribution in [0.1, 0.15) is 5.56 Å². The van der Waals surface area contributed by atoms with E-state index in [1.54, 1.807) is 12.3 Å². The van der Waals surface area contributed by atoms with Crippen molar-refractivity contribution in [3.05, 3.63) is 83.5 Å². The molecule has 5 nitrogen and oxygen atoms in total. The van der Waals surface area contributed by atoms with Crippen molar-refractivity contribution in [2.45, 2.75) is 6.54 Å². The Balaban J connectivity index is 1.51. The first kappa shape index (κ1) is 16.8. The minimum atomic E-state index is -0.333. The van der Waals surface area contributed by atoms with Gasteiger partial charge in [0.25, 0.3) is 0 Å². The van der Waals surface area contributed by atoms with E-state index >= 15 is 0 Å². The first-order chi connectivity index (χ1) is 12.2. The summed E-state index contributed by atoms with van der Waals surface area (Å²) in [4.78, 5) is 16.1. The van der Waals surface area contributed by atoms with Crippen molar-refractivity contribution in [1.82, 2.24) is 4.98 Å². The minimum absolute atomic E-state index is 0.333. The summed E-state index contributed by atoms with van der Waals surface area (Å²) in [6.45, 7) is 0.667. The predicted molar refractivity (Wildman–Crippen MR) is 102 cm³/mol. The highest BCUT2D eigenvalue weighted by atomic mass is 35.5. The van der Waals surface area contributed by atoms with E-state index in [0.29, 0.717) is 12.4 Å². The van der Waals surface area contributed by atoms with Crippen LogP contribution in [0.5, 0.6) is 0 Å². The van der Waals surface area contributed by atoms with Gasteiger partial charge in [-0.05, 0) is 42.0 Å². The summed E-state index contributed by atoms with van der Waals surface area (Å²) in [5, 5.41) is 9.42. The molecule has 2 amide bonds. The van der Waals surface area contributed by atoms with E-state index in [1.807, 2.05) is 60.7 Å². The van der Waals surface area contributed by atoms with Gasteiger partial charge in [0.1, 0.15) is 5.82 Å². The van der Waals surface area contributed by atoms with E-state index in [1.165, 1.54) is 0 Å². The van der Waals surface area contributed by atoms with Gasteiger partial charge in [0.15, 0.2) is 0 Å². The maximum absolute atomic E-state index is 11.9. The van der Waals surface area contributed by atoms with E-state index in [9.17, 15) is 4.79 Å². The number of carbonyl (C=O) groups is 1. The van der Waals surface area contributed by atoms with Crippen LogP contribution in [0.3, 0.4) is 0 Å². The first-order valence-corrected chi connectivity index (χ1v) is 8.14. The number of pyridine rings is 1. The molecular formula is C19H17ClN4O. The summed E-state index contributed by atoms with van der Waals surface area (Å²) in [6.07, 6.45) is 1.67. The maximum atomic E-state index is 11.9. The van der Waals surface area contributed by atoms with Gasteiger partial charge in [-0.2, -0.15) is 0 Å². The molecule has 1 aromatic heterocycles. The minimum Gasteiger partial charge on any atom is -0.380 e. The lowest BCUT2D eigenvalue weighted by Crippen LogP contribution is -2.19. The van der Waals surface area contributed by atoms with E-state index in [2.05, 4.69) is 20.9 Å². The molecule has 25 heavy (non-hydrogen) atoms. The van der Waals surface area contributed by atoms with Gasteiger partial charge >= 0.3 is 6.03 Å². The molecule has 6 heteroatoms. The fourth-order valence-electron chi connectivity index (χ4n) is 2.18. The number of carbonyl (C=O) groups excluding carboxylic acids is 1. The molecular weight excluding hydrogens is 336 g/mol. The molecule has 0 bridgehead atoms. The molecule has 0 unspecified atom stereocenters. The van der Waals surface area contributed by atoms with E-state index < -0.39 is 0 Å². The normalized spacial score (nSPS) is 10.1. The molecule has 0 fully saturated rings. The molecule has 0 radical (unpaired) electrons. The summed E-state index contributed by atoms with van der Waals surface area (Å²) >= 11 is 5.87. The molecule has 126 valence electrons. The molecule has 0 aliphatic heterocycles. The fraction of sp³-hybridized carbons (Fsp3) is 0.0526. The third-order valence-corrected chi connectivity index (χ3v) is 3.70. The van der Waals surface area contributed by atoms with Crippen LogP contribution in [-0.4, -0.2) is 11.0 Å². The third-order valence-electron chi connectivity index (χ3n) is 3.45. The van der Waals surface area contributed by atoms with Crippen LogP contribution in [0.25, 0.3) is 0 Å². The Hall–Kier alpha value is -3.05. The summed E-state index contributed by atoms with van der Waals surface area (Å²) in [5.41, 5.74) is 2.71.